The number of anilines is 1. The number of benzene rings is 2. The lowest BCUT2D eigenvalue weighted by atomic mass is 10.1. The Balaban J connectivity index is 1.56. The minimum absolute atomic E-state index is 0.0197. The van der Waals surface area contributed by atoms with Crippen molar-refractivity contribution >= 4 is 31.3 Å². The predicted molar refractivity (Wildman–Crippen MR) is 128 cm³/mol. The summed E-state index contributed by atoms with van der Waals surface area (Å²) in [5.74, 6) is -2.18. The fraction of sp³-hybridized carbons (Fsp3) is 0.435. The van der Waals surface area contributed by atoms with Crippen LogP contribution >= 0.6 is 0 Å². The number of halogens is 4. The maximum atomic E-state index is 14.8. The molecule has 1 fully saturated rings. The molecule has 208 valence electrons. The summed E-state index contributed by atoms with van der Waals surface area (Å²) in [4.78, 5) is 15.7. The van der Waals surface area contributed by atoms with Crippen LogP contribution in [0.15, 0.2) is 40.1 Å². The second-order valence-electron chi connectivity index (χ2n) is 8.93. The van der Waals surface area contributed by atoms with Crippen molar-refractivity contribution < 1.29 is 48.7 Å². The highest BCUT2D eigenvalue weighted by atomic mass is 32.2. The number of hydrogen-bond donors (Lipinski definition) is 0. The number of alkyl halides is 3. The van der Waals surface area contributed by atoms with Gasteiger partial charge in [-0.05, 0) is 31.2 Å². The van der Waals surface area contributed by atoms with Gasteiger partial charge in [0.15, 0.2) is 25.8 Å². The van der Waals surface area contributed by atoms with Crippen molar-refractivity contribution in [3.05, 3.63) is 41.7 Å². The first-order valence-corrected chi connectivity index (χ1v) is 14.9. The predicted octanol–water partition coefficient (Wildman–Crippen LogP) is 2.69. The van der Waals surface area contributed by atoms with Gasteiger partial charge in [0.2, 0.25) is 0 Å². The average Bonchev–Trinajstić information content (AvgIpc) is 2.83. The third-order valence-corrected chi connectivity index (χ3v) is 9.04. The van der Waals surface area contributed by atoms with Gasteiger partial charge in [-0.1, -0.05) is 0 Å². The van der Waals surface area contributed by atoms with Crippen molar-refractivity contribution in [3.63, 3.8) is 0 Å². The van der Waals surface area contributed by atoms with Gasteiger partial charge in [0.1, 0.15) is 28.8 Å². The summed E-state index contributed by atoms with van der Waals surface area (Å²) in [5, 5.41) is 0. The zero-order chi connectivity index (χ0) is 28.0. The third kappa shape index (κ3) is 5.67. The van der Waals surface area contributed by atoms with E-state index in [1.165, 1.54) is 11.0 Å². The van der Waals surface area contributed by atoms with E-state index in [4.69, 9.17) is 9.47 Å². The molecule has 0 N–H and O–H groups in total. The standard InChI is InChI=1S/C23H24F4N2O7S2/c1-14(23(25,26)27)36-19-4-3-15(37(2,31)32)11-16(19)22(30)29-7-5-28(6-8-29)18-13-20-21(12-17(18)24)38(33,34)10-9-35-20/h3-4,11-14H,5-10H2,1-2H3/t14-/m0/s1. The van der Waals surface area contributed by atoms with Crippen LogP contribution < -0.4 is 14.4 Å². The normalized spacial score (nSPS) is 18.4. The molecule has 1 amide bonds. The molecule has 38 heavy (non-hydrogen) atoms. The van der Waals surface area contributed by atoms with E-state index in [0.29, 0.717) is 0 Å². The van der Waals surface area contributed by atoms with Gasteiger partial charge in [-0.3, -0.25) is 4.79 Å². The SMILES string of the molecule is C[C@H](Oc1ccc(S(C)(=O)=O)cc1C(=O)N1CCN(c2cc3c(cc2F)S(=O)(=O)CCO3)CC1)C(F)(F)F. The van der Waals surface area contributed by atoms with Crippen molar-refractivity contribution in [1.82, 2.24) is 4.90 Å². The molecule has 0 radical (unpaired) electrons. The summed E-state index contributed by atoms with van der Waals surface area (Å²) in [7, 11) is -7.44. The van der Waals surface area contributed by atoms with E-state index in [1.807, 2.05) is 0 Å². The van der Waals surface area contributed by atoms with Crippen LogP contribution in [-0.2, 0) is 19.7 Å². The minimum Gasteiger partial charge on any atom is -0.491 e. The van der Waals surface area contributed by atoms with E-state index >= 15 is 0 Å². The Labute approximate surface area is 216 Å². The van der Waals surface area contributed by atoms with Crippen LogP contribution in [0.1, 0.15) is 17.3 Å². The Bertz CT molecular complexity index is 1470. The first-order valence-electron chi connectivity index (χ1n) is 11.4. The van der Waals surface area contributed by atoms with Gasteiger partial charge in [-0.15, -0.1) is 0 Å². The number of fused-ring (bicyclic) bond motifs is 1. The number of amides is 1. The molecule has 9 nitrogen and oxygen atoms in total. The van der Waals surface area contributed by atoms with Crippen molar-refractivity contribution in [2.24, 2.45) is 0 Å². The number of carbonyl (C=O) groups excluding carboxylic acids is 1. The number of ether oxygens (including phenoxy) is 2. The minimum atomic E-state index is -4.72. The van der Waals surface area contributed by atoms with Crippen LogP contribution in [0, 0.1) is 5.82 Å². The van der Waals surface area contributed by atoms with Crippen molar-refractivity contribution in [1.29, 1.82) is 0 Å². The maximum Gasteiger partial charge on any atom is 0.425 e. The summed E-state index contributed by atoms with van der Waals surface area (Å²) in [6.45, 7) is 0.953. The molecule has 2 heterocycles. The molecule has 2 aliphatic rings. The van der Waals surface area contributed by atoms with Crippen LogP contribution in [0.4, 0.5) is 23.2 Å². The van der Waals surface area contributed by atoms with E-state index < -0.39 is 49.4 Å². The Morgan fingerprint density at radius 1 is 1.11 bits per heavy atom. The number of piperazine rings is 1. The van der Waals surface area contributed by atoms with Gasteiger partial charge in [-0.25, -0.2) is 21.2 Å². The molecule has 0 unspecified atom stereocenters. The molecule has 1 saturated heterocycles. The molecule has 4 rings (SSSR count). The first kappa shape index (κ1) is 28.0. The van der Waals surface area contributed by atoms with Gasteiger partial charge in [-0.2, -0.15) is 13.2 Å². The quantitative estimate of drug-likeness (QED) is 0.497. The third-order valence-electron chi connectivity index (χ3n) is 6.24. The molecule has 0 saturated carbocycles. The second kappa shape index (κ2) is 9.91. The number of rotatable bonds is 5. The van der Waals surface area contributed by atoms with E-state index in [0.717, 1.165) is 37.4 Å². The van der Waals surface area contributed by atoms with E-state index in [9.17, 15) is 39.2 Å². The van der Waals surface area contributed by atoms with Gasteiger partial charge in [0.05, 0.1) is 21.9 Å². The smallest absolute Gasteiger partial charge is 0.425 e. The Hall–Kier alpha value is -3.07. The van der Waals surface area contributed by atoms with Gasteiger partial charge in [0, 0.05) is 38.5 Å². The number of hydrogen-bond acceptors (Lipinski definition) is 8. The van der Waals surface area contributed by atoms with Crippen molar-refractivity contribution in [2.45, 2.75) is 29.0 Å². The molecular weight excluding hydrogens is 556 g/mol. The Morgan fingerprint density at radius 2 is 1.76 bits per heavy atom. The van der Waals surface area contributed by atoms with Crippen LogP contribution in [0.3, 0.4) is 0 Å². The number of sulfone groups is 2. The number of carbonyl (C=O) groups is 1. The molecular formula is C23H24F4N2O7S2. The molecule has 0 aromatic heterocycles. The van der Waals surface area contributed by atoms with Crippen molar-refractivity contribution in [2.75, 3.05) is 49.7 Å². The maximum absolute atomic E-state index is 14.8. The van der Waals surface area contributed by atoms with E-state index in [1.54, 1.807) is 4.90 Å². The summed E-state index contributed by atoms with van der Waals surface area (Å²) in [6.07, 6.45) is -6.08. The van der Waals surface area contributed by atoms with Gasteiger partial charge < -0.3 is 19.3 Å². The lowest BCUT2D eigenvalue weighted by molar-refractivity contribution is -0.189. The largest absolute Gasteiger partial charge is 0.491 e. The summed E-state index contributed by atoms with van der Waals surface area (Å²) >= 11 is 0. The van der Waals surface area contributed by atoms with Gasteiger partial charge in [0.25, 0.3) is 5.91 Å². The average molecular weight is 581 g/mol. The highest BCUT2D eigenvalue weighted by Gasteiger charge is 2.39. The zero-order valence-electron chi connectivity index (χ0n) is 20.3. The fourth-order valence-corrected chi connectivity index (χ4v) is 5.96. The second-order valence-corrected chi connectivity index (χ2v) is 13.0. The summed E-state index contributed by atoms with van der Waals surface area (Å²) in [5.41, 5.74) is -0.272. The fourth-order valence-electron chi connectivity index (χ4n) is 4.08. The topological polar surface area (TPSA) is 110 Å². The Morgan fingerprint density at radius 3 is 2.37 bits per heavy atom. The van der Waals surface area contributed by atoms with Crippen molar-refractivity contribution in [3.8, 4) is 11.5 Å². The molecule has 15 heteroatoms. The molecule has 0 aliphatic carbocycles. The van der Waals surface area contributed by atoms with Crippen LogP contribution in [-0.4, -0.2) is 84.7 Å². The highest BCUT2D eigenvalue weighted by molar-refractivity contribution is 7.91. The molecule has 0 bridgehead atoms. The van der Waals surface area contributed by atoms with Crippen LogP contribution in [0.2, 0.25) is 0 Å². The zero-order valence-corrected chi connectivity index (χ0v) is 21.9. The number of nitrogens with zero attached hydrogens (tertiary/aromatic N) is 2. The van der Waals surface area contributed by atoms with Crippen LogP contribution in [0.5, 0.6) is 11.5 Å². The highest BCUT2D eigenvalue weighted by Crippen LogP contribution is 2.36. The summed E-state index contributed by atoms with van der Waals surface area (Å²) < 4.78 is 113. The molecule has 2 aromatic carbocycles. The van der Waals surface area contributed by atoms with Gasteiger partial charge >= 0.3 is 6.18 Å². The monoisotopic (exact) mass is 580 g/mol. The molecule has 2 aromatic rings. The summed E-state index contributed by atoms with van der Waals surface area (Å²) in [6, 6.07) is 5.24. The molecule has 0 spiro atoms. The Kier molecular flexibility index (Phi) is 7.29. The molecule has 1 atom stereocenters. The van der Waals surface area contributed by atoms with E-state index in [2.05, 4.69) is 0 Å². The lowest BCUT2D eigenvalue weighted by Crippen LogP contribution is -2.49. The lowest BCUT2D eigenvalue weighted by Gasteiger charge is -2.37. The van der Waals surface area contributed by atoms with E-state index in [-0.39, 0.29) is 65.3 Å². The first-order chi connectivity index (χ1) is 17.6. The van der Waals surface area contributed by atoms with Crippen LogP contribution in [0.25, 0.3) is 0 Å². The molecule has 2 aliphatic heterocycles.